The molecule has 4 atom stereocenters. The lowest BCUT2D eigenvalue weighted by Crippen LogP contribution is -2.49. The summed E-state index contributed by atoms with van der Waals surface area (Å²) in [5.41, 5.74) is 0. The second kappa shape index (κ2) is 4.87. The molecule has 0 aromatic heterocycles. The molecule has 17 heavy (non-hydrogen) atoms. The molecule has 0 aromatic carbocycles. The Hall–Kier alpha value is -0.120. The van der Waals surface area contributed by atoms with Crippen LogP contribution < -0.4 is 5.32 Å². The highest BCUT2D eigenvalue weighted by Gasteiger charge is 2.38. The first-order valence-corrected chi connectivity index (χ1v) is 7.38. The van der Waals surface area contributed by atoms with E-state index in [-0.39, 0.29) is 0 Å². The molecule has 0 aliphatic carbocycles. The van der Waals surface area contributed by atoms with Gasteiger partial charge in [-0.3, -0.25) is 4.90 Å². The minimum Gasteiger partial charge on any atom is -0.375 e. The van der Waals surface area contributed by atoms with Crippen molar-refractivity contribution in [3.63, 3.8) is 0 Å². The van der Waals surface area contributed by atoms with Crippen molar-refractivity contribution in [3.05, 3.63) is 0 Å². The Kier molecular flexibility index (Phi) is 3.42. The van der Waals surface area contributed by atoms with E-state index in [4.69, 9.17) is 4.74 Å². The summed E-state index contributed by atoms with van der Waals surface area (Å²) in [5.74, 6) is 0. The van der Waals surface area contributed by atoms with Crippen LogP contribution >= 0.6 is 0 Å². The summed E-state index contributed by atoms with van der Waals surface area (Å²) in [7, 11) is 0. The molecule has 3 aliphatic rings. The number of nitrogens with one attached hydrogen (secondary N) is 1. The van der Waals surface area contributed by atoms with Crippen LogP contribution in [0.5, 0.6) is 0 Å². The van der Waals surface area contributed by atoms with Crippen LogP contribution in [0, 0.1) is 0 Å². The zero-order chi connectivity index (χ0) is 11.8. The van der Waals surface area contributed by atoms with Crippen LogP contribution in [-0.2, 0) is 4.74 Å². The van der Waals surface area contributed by atoms with Crippen LogP contribution in [0.25, 0.3) is 0 Å². The first-order valence-electron chi connectivity index (χ1n) is 7.38. The molecule has 3 fully saturated rings. The van der Waals surface area contributed by atoms with Gasteiger partial charge in [0, 0.05) is 24.7 Å². The van der Waals surface area contributed by atoms with E-state index in [1.807, 2.05) is 0 Å². The highest BCUT2D eigenvalue weighted by molar-refractivity contribution is 4.97. The Morgan fingerprint density at radius 3 is 2.59 bits per heavy atom. The molecule has 98 valence electrons. The van der Waals surface area contributed by atoms with E-state index < -0.39 is 0 Å². The minimum absolute atomic E-state index is 0.428. The molecule has 0 bridgehead atoms. The molecule has 0 aromatic rings. The van der Waals surface area contributed by atoms with Crippen molar-refractivity contribution in [2.24, 2.45) is 0 Å². The van der Waals surface area contributed by atoms with E-state index in [9.17, 15) is 0 Å². The maximum Gasteiger partial charge on any atom is 0.0565 e. The zero-order valence-corrected chi connectivity index (χ0v) is 11.2. The van der Waals surface area contributed by atoms with Gasteiger partial charge in [-0.15, -0.1) is 0 Å². The summed E-state index contributed by atoms with van der Waals surface area (Å²) in [4.78, 5) is 2.68. The summed E-state index contributed by atoms with van der Waals surface area (Å²) < 4.78 is 5.82. The highest BCUT2D eigenvalue weighted by atomic mass is 16.5. The smallest absolute Gasteiger partial charge is 0.0565 e. The van der Waals surface area contributed by atoms with Crippen molar-refractivity contribution in [1.82, 2.24) is 10.2 Å². The molecular weight excluding hydrogens is 212 g/mol. The van der Waals surface area contributed by atoms with Gasteiger partial charge < -0.3 is 10.1 Å². The fraction of sp³-hybridized carbons (Fsp3) is 1.00. The fourth-order valence-corrected chi connectivity index (χ4v) is 4.12. The number of ether oxygens (including phenoxy) is 1. The highest BCUT2D eigenvalue weighted by Crippen LogP contribution is 2.29. The van der Waals surface area contributed by atoms with Gasteiger partial charge >= 0.3 is 0 Å². The van der Waals surface area contributed by atoms with Gasteiger partial charge in [-0.05, 0) is 52.5 Å². The Morgan fingerprint density at radius 2 is 1.82 bits per heavy atom. The maximum absolute atomic E-state index is 5.82. The number of fused-ring (bicyclic) bond motifs is 1. The van der Waals surface area contributed by atoms with Crippen LogP contribution in [0.4, 0.5) is 0 Å². The standard InChI is InChI=1S/C14H26N2O/c1-10-8-12(9-11(2)17-10)15-13-5-7-16-6-3-4-14(13)16/h10-15H,3-9H2,1-2H3. The molecule has 0 saturated carbocycles. The van der Waals surface area contributed by atoms with Crippen molar-refractivity contribution < 1.29 is 4.74 Å². The Morgan fingerprint density at radius 1 is 1.06 bits per heavy atom. The third-order valence-corrected chi connectivity index (χ3v) is 4.75. The van der Waals surface area contributed by atoms with E-state index in [0.717, 1.165) is 12.1 Å². The molecule has 0 spiro atoms. The van der Waals surface area contributed by atoms with E-state index in [1.165, 1.54) is 45.2 Å². The van der Waals surface area contributed by atoms with Crippen molar-refractivity contribution >= 4 is 0 Å². The van der Waals surface area contributed by atoms with Crippen LogP contribution in [0.15, 0.2) is 0 Å². The molecule has 3 heterocycles. The second-order valence-corrected chi connectivity index (χ2v) is 6.23. The largest absolute Gasteiger partial charge is 0.375 e. The van der Waals surface area contributed by atoms with Gasteiger partial charge in [0.05, 0.1) is 12.2 Å². The van der Waals surface area contributed by atoms with E-state index in [2.05, 4.69) is 24.1 Å². The molecule has 0 amide bonds. The van der Waals surface area contributed by atoms with Crippen molar-refractivity contribution in [2.75, 3.05) is 13.1 Å². The Balaban J connectivity index is 1.56. The third kappa shape index (κ3) is 2.51. The Bertz CT molecular complexity index is 261. The molecule has 3 nitrogen and oxygen atoms in total. The van der Waals surface area contributed by atoms with Gasteiger partial charge in [-0.2, -0.15) is 0 Å². The molecule has 3 heteroatoms. The van der Waals surface area contributed by atoms with E-state index in [0.29, 0.717) is 18.2 Å². The van der Waals surface area contributed by atoms with Crippen LogP contribution in [0.1, 0.15) is 46.0 Å². The molecule has 1 N–H and O–H groups in total. The summed E-state index contributed by atoms with van der Waals surface area (Å²) in [5, 5.41) is 3.93. The van der Waals surface area contributed by atoms with Crippen LogP contribution in [0.2, 0.25) is 0 Å². The molecular formula is C14H26N2O. The normalized spacial score (nSPS) is 47.3. The van der Waals surface area contributed by atoms with Gasteiger partial charge in [0.1, 0.15) is 0 Å². The predicted molar refractivity (Wildman–Crippen MR) is 69.2 cm³/mol. The fourth-order valence-electron chi connectivity index (χ4n) is 4.12. The van der Waals surface area contributed by atoms with Crippen molar-refractivity contribution in [3.8, 4) is 0 Å². The lowest BCUT2D eigenvalue weighted by molar-refractivity contribution is -0.0439. The maximum atomic E-state index is 5.82. The number of hydrogen-bond donors (Lipinski definition) is 1. The van der Waals surface area contributed by atoms with Gasteiger partial charge in [0.2, 0.25) is 0 Å². The minimum atomic E-state index is 0.428. The molecule has 3 aliphatic heterocycles. The molecule has 3 saturated heterocycles. The third-order valence-electron chi connectivity index (χ3n) is 4.75. The number of hydrogen-bond acceptors (Lipinski definition) is 3. The zero-order valence-electron chi connectivity index (χ0n) is 11.2. The molecule has 3 rings (SSSR count). The lowest BCUT2D eigenvalue weighted by Gasteiger charge is -2.35. The SMILES string of the molecule is CC1CC(NC2CCN3CCCC23)CC(C)O1. The Labute approximate surface area is 105 Å². The van der Waals surface area contributed by atoms with Gasteiger partial charge in [-0.25, -0.2) is 0 Å². The van der Waals surface area contributed by atoms with Gasteiger partial charge in [0.15, 0.2) is 0 Å². The second-order valence-electron chi connectivity index (χ2n) is 6.23. The van der Waals surface area contributed by atoms with Gasteiger partial charge in [-0.1, -0.05) is 0 Å². The topological polar surface area (TPSA) is 24.5 Å². The van der Waals surface area contributed by atoms with Crippen molar-refractivity contribution in [2.45, 2.75) is 76.3 Å². The first-order chi connectivity index (χ1) is 8.22. The van der Waals surface area contributed by atoms with Gasteiger partial charge in [0.25, 0.3) is 0 Å². The summed E-state index contributed by atoms with van der Waals surface area (Å²) in [6.45, 7) is 7.07. The average Bonchev–Trinajstić information content (AvgIpc) is 2.81. The average molecular weight is 238 g/mol. The number of nitrogens with zero attached hydrogens (tertiary/aromatic N) is 1. The predicted octanol–water partition coefficient (Wildman–Crippen LogP) is 1.77. The van der Waals surface area contributed by atoms with E-state index >= 15 is 0 Å². The number of rotatable bonds is 2. The van der Waals surface area contributed by atoms with Crippen LogP contribution in [-0.4, -0.2) is 48.3 Å². The monoisotopic (exact) mass is 238 g/mol. The first kappa shape index (κ1) is 11.9. The summed E-state index contributed by atoms with van der Waals surface area (Å²) in [6.07, 6.45) is 7.40. The van der Waals surface area contributed by atoms with E-state index in [1.54, 1.807) is 0 Å². The van der Waals surface area contributed by atoms with Crippen molar-refractivity contribution in [1.29, 1.82) is 0 Å². The summed E-state index contributed by atoms with van der Waals surface area (Å²) in [6, 6.07) is 2.27. The molecule has 4 unspecified atom stereocenters. The molecule has 0 radical (unpaired) electrons. The quantitative estimate of drug-likeness (QED) is 0.793. The van der Waals surface area contributed by atoms with Crippen LogP contribution in [0.3, 0.4) is 0 Å². The summed E-state index contributed by atoms with van der Waals surface area (Å²) >= 11 is 0. The lowest BCUT2D eigenvalue weighted by atomic mass is 9.97.